The van der Waals surface area contributed by atoms with Gasteiger partial charge in [-0.15, -0.1) is 0 Å². The number of aliphatic hydroxyl groups is 2. The number of sulfonamides is 1. The number of piperidine rings is 1. The highest BCUT2D eigenvalue weighted by Gasteiger charge is 2.51. The predicted octanol–water partition coefficient (Wildman–Crippen LogP) is 7.67. The summed E-state index contributed by atoms with van der Waals surface area (Å²) in [6, 6.07) is 15.6. The zero-order valence-electron chi connectivity index (χ0n) is 43.2. The van der Waals surface area contributed by atoms with Crippen molar-refractivity contribution in [2.45, 2.75) is 131 Å². The Hall–Kier alpha value is -6.17. The minimum Gasteiger partial charge on any atom is -0.489 e. The van der Waals surface area contributed by atoms with E-state index in [9.17, 15) is 33.5 Å². The molecule has 410 valence electrons. The summed E-state index contributed by atoms with van der Waals surface area (Å²) in [5.74, 6) is -1.63. The molecule has 77 heavy (non-hydrogen) atoms. The maximum atomic E-state index is 16.3. The van der Waals surface area contributed by atoms with Crippen molar-refractivity contribution < 1.29 is 56.1 Å². The summed E-state index contributed by atoms with van der Waals surface area (Å²) >= 11 is 0. The number of fused-ring (bicyclic) bond motifs is 4. The Kier molecular flexibility index (Phi) is 12.8. The van der Waals surface area contributed by atoms with Gasteiger partial charge >= 0.3 is 0 Å². The van der Waals surface area contributed by atoms with Gasteiger partial charge in [0.25, 0.3) is 21.6 Å². The number of nitro benzene ring substituents is 1. The van der Waals surface area contributed by atoms with Crippen molar-refractivity contribution in [2.75, 3.05) is 67.8 Å². The monoisotopic (exact) mass is 1080 g/mol. The Morgan fingerprint density at radius 3 is 2.47 bits per heavy atom. The number of carbonyl (C=O) groups is 1. The molecule has 2 aliphatic carbocycles. The van der Waals surface area contributed by atoms with E-state index in [1.807, 2.05) is 43.0 Å². The molecule has 3 aromatic carbocycles. The van der Waals surface area contributed by atoms with Gasteiger partial charge in [-0.3, -0.25) is 19.8 Å². The molecule has 0 radical (unpaired) electrons. The van der Waals surface area contributed by atoms with Gasteiger partial charge in [0.05, 0.1) is 75.6 Å². The van der Waals surface area contributed by atoms with Crippen LogP contribution >= 0.6 is 0 Å². The van der Waals surface area contributed by atoms with Gasteiger partial charge in [-0.25, -0.2) is 21.9 Å². The van der Waals surface area contributed by atoms with Gasteiger partial charge in [-0.05, 0) is 119 Å². The number of hydrogen-bond donors (Lipinski definition) is 5. The summed E-state index contributed by atoms with van der Waals surface area (Å²) in [6.07, 6.45) is 5.24. The topological polar surface area (TPSA) is 234 Å². The molecule has 2 aromatic heterocycles. The average molecular weight is 1080 g/mol. The fraction of sp³-hybridized carbons (Fsp3) is 0.527. The fourth-order valence-electron chi connectivity index (χ4n) is 13.2. The zero-order valence-corrected chi connectivity index (χ0v) is 44.0. The second-order valence-electron chi connectivity index (χ2n) is 23.1. The largest absolute Gasteiger partial charge is 0.489 e. The van der Waals surface area contributed by atoms with Gasteiger partial charge in [-0.2, -0.15) is 4.98 Å². The molecule has 7 heterocycles. The number of aromatic nitrogens is 2. The maximum Gasteiger partial charge on any atom is 0.297 e. The smallest absolute Gasteiger partial charge is 0.297 e. The molecule has 5 aromatic rings. The zero-order chi connectivity index (χ0) is 53.8. The Labute approximate surface area is 444 Å². The van der Waals surface area contributed by atoms with Crippen LogP contribution in [0.1, 0.15) is 106 Å². The van der Waals surface area contributed by atoms with Crippen LogP contribution in [0.3, 0.4) is 0 Å². The summed E-state index contributed by atoms with van der Waals surface area (Å²) in [5.41, 5.74) is -1.05. The first-order chi connectivity index (χ1) is 36.7. The first-order valence-corrected chi connectivity index (χ1v) is 28.1. The van der Waals surface area contributed by atoms with Crippen molar-refractivity contribution in [3.8, 4) is 11.6 Å². The molecule has 3 saturated heterocycles. The summed E-state index contributed by atoms with van der Waals surface area (Å²) in [4.78, 5) is 40.2. The first-order valence-electron chi connectivity index (χ1n) is 26.6. The number of hydrogen-bond acceptors (Lipinski definition) is 16. The molecule has 5 fully saturated rings. The number of nitro groups is 1. The van der Waals surface area contributed by atoms with Crippen molar-refractivity contribution in [1.29, 1.82) is 0 Å². The van der Waals surface area contributed by atoms with Crippen LogP contribution in [0.5, 0.6) is 11.6 Å². The average Bonchev–Trinajstić information content (AvgIpc) is 3.89. The third-order valence-electron chi connectivity index (χ3n) is 17.6. The number of halogens is 2. The molecule has 7 aliphatic rings. The van der Waals surface area contributed by atoms with E-state index in [1.54, 1.807) is 25.1 Å². The lowest BCUT2D eigenvalue weighted by atomic mass is 9.59. The molecular weight excluding hydrogens is 1020 g/mol. The molecule has 2 saturated carbocycles. The minimum atomic E-state index is -4.87. The van der Waals surface area contributed by atoms with Crippen LogP contribution in [0.25, 0.3) is 11.0 Å². The summed E-state index contributed by atoms with van der Waals surface area (Å²) < 4.78 is 86.9. The molecule has 12 rings (SSSR count). The standard InChI is InChI=1S/C55H64F2N8O11S/c1-52(2,67)38-7-5-4-6-35(38)44-29-74-21-19-63(44)33-26-54(27-33)15-17-62(18-16-54)32-8-9-36(41(22-32)64-40-10-20-73-30-46(40)76-51-43(64)25-37-39(56)28-58-49(37)60-51)50(66)61-77(71,72)34-23-42(65(69)70)48-45(24-34)75-31-47(59-48)55(57)13-11-53(3,68)12-14-55/h4-9,22-25,28,33,40,44,46-47,59,67-68H,10-21,26-27,29-31H2,1-3H3,(H,58,60)(H,61,66)/t40-,44-,46-,47-,53?,55?/m0/s1. The number of anilines is 4. The van der Waals surface area contributed by atoms with E-state index in [1.165, 1.54) is 6.20 Å². The SMILES string of the molecule is CC1(O)CCC(F)([C@@H]2COc3cc(S(=O)(=O)NC(=O)c4ccc(N5CCC6(CC5)CC(N5CCOC[C@H]5c5ccccc5C(C)(C)O)C6)cc4N4c5cc6c(F)c[nH]c6nc5O[C@H]5COCC[C@@H]54)cc([N+](=O)[O-])c3N2)CC1. The van der Waals surface area contributed by atoms with Crippen LogP contribution in [-0.4, -0.2) is 132 Å². The summed E-state index contributed by atoms with van der Waals surface area (Å²) in [6.45, 7) is 8.93. The molecular formula is C55H64F2N8O11S. The number of carbonyl (C=O) groups excluding carboxylic acids is 1. The van der Waals surface area contributed by atoms with Crippen LogP contribution < -0.4 is 29.3 Å². The summed E-state index contributed by atoms with van der Waals surface area (Å²) in [5, 5.41) is 37.3. The van der Waals surface area contributed by atoms with Crippen molar-refractivity contribution in [2.24, 2.45) is 5.41 Å². The van der Waals surface area contributed by atoms with E-state index >= 15 is 8.78 Å². The third kappa shape index (κ3) is 9.40. The third-order valence-corrected chi connectivity index (χ3v) is 18.9. The maximum absolute atomic E-state index is 16.3. The minimum absolute atomic E-state index is 0.0148. The Morgan fingerprint density at radius 1 is 0.961 bits per heavy atom. The van der Waals surface area contributed by atoms with E-state index in [-0.39, 0.29) is 84.3 Å². The molecule has 0 bridgehead atoms. The van der Waals surface area contributed by atoms with E-state index in [4.69, 9.17) is 18.9 Å². The van der Waals surface area contributed by atoms with E-state index < -0.39 is 72.3 Å². The number of aromatic amines is 1. The number of benzene rings is 3. The van der Waals surface area contributed by atoms with Crippen LogP contribution in [0, 0.1) is 21.3 Å². The van der Waals surface area contributed by atoms with Gasteiger partial charge in [0.1, 0.15) is 35.5 Å². The lowest BCUT2D eigenvalue weighted by Gasteiger charge is -2.57. The van der Waals surface area contributed by atoms with Gasteiger partial charge < -0.3 is 49.3 Å². The lowest BCUT2D eigenvalue weighted by molar-refractivity contribution is -0.384. The fourth-order valence-corrected chi connectivity index (χ4v) is 14.2. The van der Waals surface area contributed by atoms with Gasteiger partial charge in [0.2, 0.25) is 5.88 Å². The highest BCUT2D eigenvalue weighted by Crippen LogP contribution is 2.54. The molecule has 5 aliphatic heterocycles. The highest BCUT2D eigenvalue weighted by atomic mass is 32.2. The van der Waals surface area contributed by atoms with Crippen LogP contribution in [0.15, 0.2) is 71.8 Å². The van der Waals surface area contributed by atoms with Crippen LogP contribution in [0.4, 0.5) is 37.2 Å². The van der Waals surface area contributed by atoms with Crippen LogP contribution in [-0.2, 0) is 25.1 Å². The van der Waals surface area contributed by atoms with E-state index in [0.717, 1.165) is 61.2 Å². The number of rotatable bonds is 10. The summed E-state index contributed by atoms with van der Waals surface area (Å²) in [7, 11) is -4.87. The van der Waals surface area contributed by atoms with E-state index in [2.05, 4.69) is 35.9 Å². The second-order valence-corrected chi connectivity index (χ2v) is 24.8. The number of amides is 1. The van der Waals surface area contributed by atoms with Crippen LogP contribution in [0.2, 0.25) is 0 Å². The Bertz CT molecular complexity index is 3250. The highest BCUT2D eigenvalue weighted by molar-refractivity contribution is 7.90. The van der Waals surface area contributed by atoms with Crippen molar-refractivity contribution in [3.05, 3.63) is 99.5 Å². The van der Waals surface area contributed by atoms with Crippen molar-refractivity contribution >= 4 is 55.4 Å². The number of pyridine rings is 1. The van der Waals surface area contributed by atoms with E-state index in [0.29, 0.717) is 56.7 Å². The number of alkyl halides is 1. The van der Waals surface area contributed by atoms with Gasteiger partial charge in [0.15, 0.2) is 11.4 Å². The molecule has 22 heteroatoms. The first kappa shape index (κ1) is 51.6. The number of H-pyrrole nitrogens is 1. The molecule has 19 nitrogen and oxygen atoms in total. The predicted molar refractivity (Wildman–Crippen MR) is 281 cm³/mol. The number of nitrogens with one attached hydrogen (secondary N) is 3. The Balaban J connectivity index is 0.839. The Morgan fingerprint density at radius 2 is 1.71 bits per heavy atom. The number of nitrogens with zero attached hydrogens (tertiary/aromatic N) is 5. The van der Waals surface area contributed by atoms with Gasteiger partial charge in [-0.1, -0.05) is 24.3 Å². The number of ether oxygens (including phenoxy) is 4. The van der Waals surface area contributed by atoms with Crippen molar-refractivity contribution in [3.63, 3.8) is 0 Å². The van der Waals surface area contributed by atoms with Gasteiger partial charge in [0, 0.05) is 56.3 Å². The quantitative estimate of drug-likeness (QED) is 0.0667. The second kappa shape index (κ2) is 19.0. The molecule has 0 unspecified atom stereocenters. The van der Waals surface area contributed by atoms with Crippen molar-refractivity contribution in [1.82, 2.24) is 19.6 Å². The lowest BCUT2D eigenvalue weighted by Crippen LogP contribution is -2.58. The normalized spacial score (nSPS) is 27.6. The molecule has 1 spiro atoms. The molecule has 4 atom stereocenters. The number of morpholine rings is 1. The molecule has 1 amide bonds. The molecule has 5 N–H and O–H groups in total.